The maximum atomic E-state index is 12.6. The van der Waals surface area contributed by atoms with Crippen LogP contribution in [0, 0.1) is 11.8 Å². The minimum absolute atomic E-state index is 0.0637. The monoisotopic (exact) mass is 490 g/mol. The van der Waals surface area contributed by atoms with Crippen LogP contribution in [0.15, 0.2) is 29.2 Å². The van der Waals surface area contributed by atoms with Gasteiger partial charge < -0.3 is 10.6 Å². The molecule has 180 valence electrons. The molecule has 2 aliphatic heterocycles. The maximum absolute atomic E-state index is 12.6. The van der Waals surface area contributed by atoms with Crippen LogP contribution in [-0.4, -0.2) is 49.6 Å². The number of piperidine rings is 1. The first kappa shape index (κ1) is 24.3. The van der Waals surface area contributed by atoms with Crippen LogP contribution in [0.2, 0.25) is 0 Å². The second-order valence-electron chi connectivity index (χ2n) is 9.41. The summed E-state index contributed by atoms with van der Waals surface area (Å²) in [5.74, 6) is 1.12. The predicted molar refractivity (Wildman–Crippen MR) is 132 cm³/mol. The number of nitrogens with one attached hydrogen (secondary N) is 2. The highest BCUT2D eigenvalue weighted by Crippen LogP contribution is 2.43. The zero-order valence-electron chi connectivity index (χ0n) is 19.6. The van der Waals surface area contributed by atoms with E-state index in [4.69, 9.17) is 4.98 Å². The van der Waals surface area contributed by atoms with Gasteiger partial charge in [-0.2, -0.15) is 0 Å². The third-order valence-corrected chi connectivity index (χ3v) is 9.33. The second-order valence-corrected chi connectivity index (χ2v) is 12.8. The molecule has 1 atom stereocenters. The average Bonchev–Trinajstić information content (AvgIpc) is 3.31. The van der Waals surface area contributed by atoms with Crippen molar-refractivity contribution < 1.29 is 13.2 Å². The molecule has 1 amide bonds. The molecule has 4 rings (SSSR count). The van der Waals surface area contributed by atoms with Crippen LogP contribution in [0.5, 0.6) is 0 Å². The fraction of sp³-hybridized carbons (Fsp3) is 0.583. The zero-order valence-corrected chi connectivity index (χ0v) is 21.3. The number of amides is 1. The molecule has 7 nitrogen and oxygen atoms in total. The molecular weight excluding hydrogens is 456 g/mol. The van der Waals surface area contributed by atoms with E-state index in [-0.39, 0.29) is 18.1 Å². The van der Waals surface area contributed by atoms with Gasteiger partial charge in [-0.1, -0.05) is 32.9 Å². The molecule has 1 aromatic carbocycles. The van der Waals surface area contributed by atoms with Gasteiger partial charge in [0.25, 0.3) is 0 Å². The van der Waals surface area contributed by atoms with E-state index in [1.54, 1.807) is 42.5 Å². The third kappa shape index (κ3) is 5.65. The summed E-state index contributed by atoms with van der Waals surface area (Å²) in [7, 11) is -3.23. The number of aromatic nitrogens is 1. The van der Waals surface area contributed by atoms with Crippen molar-refractivity contribution in [3.8, 4) is 0 Å². The van der Waals surface area contributed by atoms with Crippen LogP contribution in [-0.2, 0) is 27.6 Å². The van der Waals surface area contributed by atoms with E-state index in [2.05, 4.69) is 29.4 Å². The molecule has 3 heterocycles. The minimum atomic E-state index is -3.23. The molecule has 0 aliphatic carbocycles. The molecule has 2 aromatic rings. The molecule has 2 aliphatic rings. The largest absolute Gasteiger partial charge is 0.317 e. The van der Waals surface area contributed by atoms with Gasteiger partial charge in [-0.15, -0.1) is 11.3 Å². The molecule has 1 aromatic heterocycles. The van der Waals surface area contributed by atoms with E-state index in [1.165, 1.54) is 17.7 Å². The van der Waals surface area contributed by atoms with Gasteiger partial charge in [-0.3, -0.25) is 9.69 Å². The van der Waals surface area contributed by atoms with Crippen molar-refractivity contribution in [2.75, 3.05) is 30.7 Å². The van der Waals surface area contributed by atoms with Gasteiger partial charge in [0.05, 0.1) is 28.8 Å². The Labute approximate surface area is 200 Å². The summed E-state index contributed by atoms with van der Waals surface area (Å²) < 4.78 is 23.9. The molecule has 9 heteroatoms. The van der Waals surface area contributed by atoms with Crippen LogP contribution in [0.3, 0.4) is 0 Å². The Morgan fingerprint density at radius 1 is 1.24 bits per heavy atom. The number of carbonyl (C=O) groups excluding carboxylic acids is 1. The van der Waals surface area contributed by atoms with Crippen molar-refractivity contribution in [3.63, 3.8) is 0 Å². The van der Waals surface area contributed by atoms with Crippen molar-refractivity contribution in [1.29, 1.82) is 0 Å². The standard InChI is InChI=1S/C24H34N4O3S2/c1-4-33(30,31)19-7-5-17(6-8-19)13-21(29)26-24-27-22-20(32-24)15-28(23(22)16(2)3)14-18-9-11-25-12-10-18/h5-8,16,18,23,25H,4,9-15H2,1-3H3,(H,26,27,29). The van der Waals surface area contributed by atoms with Gasteiger partial charge in [-0.05, 0) is 55.5 Å². The number of sulfone groups is 1. The molecule has 1 unspecified atom stereocenters. The van der Waals surface area contributed by atoms with Crippen LogP contribution in [0.1, 0.15) is 55.8 Å². The van der Waals surface area contributed by atoms with Gasteiger partial charge in [0, 0.05) is 18.0 Å². The number of benzene rings is 1. The normalized spacial score (nSPS) is 19.7. The smallest absolute Gasteiger partial charge is 0.230 e. The lowest BCUT2D eigenvalue weighted by atomic mass is 9.95. The Hall–Kier alpha value is -1.81. The van der Waals surface area contributed by atoms with Gasteiger partial charge in [0.1, 0.15) is 0 Å². The Morgan fingerprint density at radius 3 is 2.58 bits per heavy atom. The lowest BCUT2D eigenvalue weighted by Gasteiger charge is -2.32. The first-order valence-corrected chi connectivity index (χ1v) is 14.3. The Bertz CT molecular complexity index is 1070. The van der Waals surface area contributed by atoms with Gasteiger partial charge in [-0.25, -0.2) is 13.4 Å². The molecule has 33 heavy (non-hydrogen) atoms. The highest BCUT2D eigenvalue weighted by atomic mass is 32.2. The number of hydrogen-bond donors (Lipinski definition) is 2. The van der Waals surface area contributed by atoms with E-state index >= 15 is 0 Å². The lowest BCUT2D eigenvalue weighted by Crippen LogP contribution is -2.36. The van der Waals surface area contributed by atoms with Crippen molar-refractivity contribution in [1.82, 2.24) is 15.2 Å². The minimum Gasteiger partial charge on any atom is -0.317 e. The van der Waals surface area contributed by atoms with Gasteiger partial charge in [0.2, 0.25) is 5.91 Å². The SMILES string of the molecule is CCS(=O)(=O)c1ccc(CC(=O)Nc2nc3c(s2)CN(CC2CCNCC2)C3C(C)C)cc1. The summed E-state index contributed by atoms with van der Waals surface area (Å²) in [6.07, 6.45) is 2.65. The number of fused-ring (bicyclic) bond motifs is 1. The first-order chi connectivity index (χ1) is 15.8. The van der Waals surface area contributed by atoms with E-state index in [0.717, 1.165) is 43.4 Å². The molecule has 1 fully saturated rings. The highest BCUT2D eigenvalue weighted by molar-refractivity contribution is 7.91. The number of hydrogen-bond acceptors (Lipinski definition) is 7. The van der Waals surface area contributed by atoms with Crippen LogP contribution >= 0.6 is 11.3 Å². The molecule has 1 saturated heterocycles. The van der Waals surface area contributed by atoms with Crippen LogP contribution < -0.4 is 10.6 Å². The predicted octanol–water partition coefficient (Wildman–Crippen LogP) is 3.63. The van der Waals surface area contributed by atoms with E-state index in [0.29, 0.717) is 22.0 Å². The highest BCUT2D eigenvalue weighted by Gasteiger charge is 2.37. The third-order valence-electron chi connectivity index (χ3n) is 6.60. The van der Waals surface area contributed by atoms with Gasteiger partial charge in [0.15, 0.2) is 15.0 Å². The van der Waals surface area contributed by atoms with Crippen molar-refractivity contribution >= 4 is 32.2 Å². The number of nitrogens with zero attached hydrogens (tertiary/aromatic N) is 2. The zero-order chi connectivity index (χ0) is 23.6. The quantitative estimate of drug-likeness (QED) is 0.587. The summed E-state index contributed by atoms with van der Waals surface area (Å²) in [5.41, 5.74) is 1.90. The summed E-state index contributed by atoms with van der Waals surface area (Å²) in [5, 5.41) is 7.05. The summed E-state index contributed by atoms with van der Waals surface area (Å²) >= 11 is 1.58. The molecule has 0 bridgehead atoms. The molecule has 0 spiro atoms. The van der Waals surface area contributed by atoms with Crippen LogP contribution in [0.4, 0.5) is 5.13 Å². The van der Waals surface area contributed by atoms with Crippen molar-refractivity contribution in [2.45, 2.75) is 57.5 Å². The fourth-order valence-corrected chi connectivity index (χ4v) is 6.79. The van der Waals surface area contributed by atoms with Crippen LogP contribution in [0.25, 0.3) is 0 Å². The lowest BCUT2D eigenvalue weighted by molar-refractivity contribution is -0.115. The number of carbonyl (C=O) groups is 1. The van der Waals surface area contributed by atoms with E-state index < -0.39 is 9.84 Å². The maximum Gasteiger partial charge on any atom is 0.230 e. The van der Waals surface area contributed by atoms with Crippen molar-refractivity contribution in [3.05, 3.63) is 40.4 Å². The number of anilines is 1. The Morgan fingerprint density at radius 2 is 1.94 bits per heavy atom. The first-order valence-electron chi connectivity index (χ1n) is 11.8. The Kier molecular flexibility index (Phi) is 7.53. The number of rotatable bonds is 8. The summed E-state index contributed by atoms with van der Waals surface area (Å²) in [6.45, 7) is 10.3. The Balaban J connectivity index is 1.38. The molecule has 0 saturated carbocycles. The molecular formula is C24H34N4O3S2. The van der Waals surface area contributed by atoms with E-state index in [9.17, 15) is 13.2 Å². The second kappa shape index (κ2) is 10.2. The topological polar surface area (TPSA) is 91.4 Å². The average molecular weight is 491 g/mol. The summed E-state index contributed by atoms with van der Waals surface area (Å²) in [6, 6.07) is 6.85. The molecule has 0 radical (unpaired) electrons. The van der Waals surface area contributed by atoms with E-state index in [1.807, 2.05) is 0 Å². The van der Waals surface area contributed by atoms with Gasteiger partial charge >= 0.3 is 0 Å². The molecule has 2 N–H and O–H groups in total. The fourth-order valence-electron chi connectivity index (χ4n) is 4.86. The number of thiazole rings is 1. The van der Waals surface area contributed by atoms with Crippen molar-refractivity contribution in [2.24, 2.45) is 11.8 Å². The summed E-state index contributed by atoms with van der Waals surface area (Å²) in [4.78, 5) is 21.6.